The van der Waals surface area contributed by atoms with E-state index in [1.165, 1.54) is 0 Å². The Bertz CT molecular complexity index is 997. The number of nitrogens with one attached hydrogen (secondary N) is 3. The molecule has 0 saturated carbocycles. The van der Waals surface area contributed by atoms with E-state index >= 15 is 0 Å². The third-order valence-corrected chi connectivity index (χ3v) is 5.48. The smallest absolute Gasteiger partial charge is 0.326 e. The fourth-order valence-electron chi connectivity index (χ4n) is 3.46. The van der Waals surface area contributed by atoms with Gasteiger partial charge in [-0.05, 0) is 24.3 Å². The predicted molar refractivity (Wildman–Crippen MR) is 140 cm³/mol. The Labute approximate surface area is 221 Å². The molecule has 0 aromatic heterocycles. The lowest BCUT2D eigenvalue weighted by Gasteiger charge is -2.27. The maximum absolute atomic E-state index is 13.1. The number of carbonyl (C=O) groups is 5. The molecule has 0 radical (unpaired) electrons. The van der Waals surface area contributed by atoms with E-state index in [2.05, 4.69) is 20.9 Å². The number of hydrogen-bond acceptors (Lipinski definition) is 7. The van der Waals surface area contributed by atoms with Crippen molar-refractivity contribution in [1.29, 1.82) is 0 Å². The normalized spacial score (nSPS) is 13.9. The summed E-state index contributed by atoms with van der Waals surface area (Å²) in [5.74, 6) is -4.78. The summed E-state index contributed by atoms with van der Waals surface area (Å²) in [6.07, 6.45) is -0.0219. The number of carbonyl (C=O) groups excluding carboxylic acids is 4. The van der Waals surface area contributed by atoms with Crippen LogP contribution in [0.5, 0.6) is 0 Å². The highest BCUT2D eigenvalue weighted by molar-refractivity contribution is 5.95. The number of nitrogens with zero attached hydrogens (tertiary/aromatic N) is 1. The second kappa shape index (κ2) is 15.8. The molecule has 1 aromatic rings. The zero-order valence-electron chi connectivity index (χ0n) is 21.6. The molecule has 210 valence electrons. The minimum atomic E-state index is -1.26. The number of rotatable bonds is 16. The van der Waals surface area contributed by atoms with Crippen molar-refractivity contribution in [3.8, 4) is 0 Å². The molecule has 0 saturated heterocycles. The van der Waals surface area contributed by atoms with E-state index in [1.54, 1.807) is 44.2 Å². The lowest BCUT2D eigenvalue weighted by Crippen LogP contribution is -2.58. The summed E-state index contributed by atoms with van der Waals surface area (Å²) in [6.45, 7) is 3.50. The first-order valence-electron chi connectivity index (χ1n) is 12.1. The molecular weight excluding hydrogens is 496 g/mol. The summed E-state index contributed by atoms with van der Waals surface area (Å²) < 4.78 is 0. The monoisotopic (exact) mass is 534 g/mol. The second-order valence-corrected chi connectivity index (χ2v) is 9.11. The predicted octanol–water partition coefficient (Wildman–Crippen LogP) is -2.32. The molecule has 0 bridgehead atoms. The first-order valence-corrected chi connectivity index (χ1v) is 12.1. The quantitative estimate of drug-likeness (QED) is 0.0642. The van der Waals surface area contributed by atoms with Crippen molar-refractivity contribution in [2.24, 2.45) is 33.8 Å². The molecule has 14 heteroatoms. The lowest BCUT2D eigenvalue weighted by atomic mass is 10.0. The van der Waals surface area contributed by atoms with Crippen LogP contribution in [0.4, 0.5) is 0 Å². The number of amides is 4. The third-order valence-electron chi connectivity index (χ3n) is 5.48. The van der Waals surface area contributed by atoms with Gasteiger partial charge in [-0.15, -0.1) is 0 Å². The maximum Gasteiger partial charge on any atom is 0.326 e. The molecule has 0 heterocycles. The Morgan fingerprint density at radius 2 is 1.50 bits per heavy atom. The third kappa shape index (κ3) is 11.7. The van der Waals surface area contributed by atoms with Gasteiger partial charge in [0, 0.05) is 13.0 Å². The van der Waals surface area contributed by atoms with Gasteiger partial charge in [0.05, 0.1) is 12.5 Å². The largest absolute Gasteiger partial charge is 0.480 e. The van der Waals surface area contributed by atoms with E-state index in [9.17, 15) is 29.1 Å². The highest BCUT2D eigenvalue weighted by Gasteiger charge is 2.31. The number of aliphatic imine (C=N–C) groups is 1. The molecule has 0 aliphatic heterocycles. The van der Waals surface area contributed by atoms with E-state index in [1.807, 2.05) is 0 Å². The van der Waals surface area contributed by atoms with Crippen LogP contribution in [-0.2, 0) is 30.4 Å². The number of carboxylic acids is 1. The average molecular weight is 535 g/mol. The summed E-state index contributed by atoms with van der Waals surface area (Å²) in [5, 5.41) is 17.2. The van der Waals surface area contributed by atoms with Gasteiger partial charge in [-0.2, -0.15) is 0 Å². The van der Waals surface area contributed by atoms with E-state index in [0.29, 0.717) is 5.56 Å². The Balaban J connectivity index is 3.04. The van der Waals surface area contributed by atoms with Crippen molar-refractivity contribution in [1.82, 2.24) is 16.0 Å². The van der Waals surface area contributed by atoms with Gasteiger partial charge in [0.1, 0.15) is 18.1 Å². The van der Waals surface area contributed by atoms with Crippen molar-refractivity contribution in [2.45, 2.75) is 63.7 Å². The van der Waals surface area contributed by atoms with Gasteiger partial charge in [0.2, 0.25) is 23.6 Å². The van der Waals surface area contributed by atoms with E-state index in [-0.39, 0.29) is 31.8 Å². The SMILES string of the molecule is CC(C)C(NC(=O)C(N)CC(N)=O)C(=O)NC(CCCN=C(N)N)C(=O)NC(Cc1ccccc1)C(=O)O. The van der Waals surface area contributed by atoms with Crippen LogP contribution in [0.15, 0.2) is 35.3 Å². The van der Waals surface area contributed by atoms with Crippen LogP contribution in [-0.4, -0.2) is 71.4 Å². The van der Waals surface area contributed by atoms with Gasteiger partial charge in [0.15, 0.2) is 5.96 Å². The fraction of sp³-hybridized carbons (Fsp3) is 0.500. The van der Waals surface area contributed by atoms with Gasteiger partial charge in [0.25, 0.3) is 0 Å². The molecule has 0 spiro atoms. The standard InChI is InChI=1S/C24H38N8O6/c1-13(2)19(32-20(34)15(25)12-18(26)33)22(36)30-16(9-6-10-29-24(27)28)21(35)31-17(23(37)38)11-14-7-4-3-5-8-14/h3-5,7-8,13,15-17,19H,6,9-12,25H2,1-2H3,(H2,26,33)(H,30,36)(H,31,35)(H,32,34)(H,37,38)(H4,27,28,29). The molecule has 4 atom stereocenters. The topological polar surface area (TPSA) is 258 Å². The molecule has 0 fully saturated rings. The van der Waals surface area contributed by atoms with Gasteiger partial charge >= 0.3 is 5.97 Å². The highest BCUT2D eigenvalue weighted by Crippen LogP contribution is 2.08. The lowest BCUT2D eigenvalue weighted by molar-refractivity contribution is -0.142. The summed E-state index contributed by atoms with van der Waals surface area (Å²) in [5.41, 5.74) is 22.1. The van der Waals surface area contributed by atoms with Crippen molar-refractivity contribution in [3.05, 3.63) is 35.9 Å². The van der Waals surface area contributed by atoms with Crippen LogP contribution in [0, 0.1) is 5.92 Å². The summed E-state index contributed by atoms with van der Waals surface area (Å²) in [7, 11) is 0. The molecule has 1 rings (SSSR count). The molecule has 0 aliphatic rings. The van der Waals surface area contributed by atoms with Gasteiger partial charge in [-0.3, -0.25) is 24.2 Å². The number of guanidine groups is 1. The van der Waals surface area contributed by atoms with E-state index in [4.69, 9.17) is 22.9 Å². The first-order chi connectivity index (χ1) is 17.8. The molecule has 4 unspecified atom stereocenters. The van der Waals surface area contributed by atoms with Crippen LogP contribution in [0.3, 0.4) is 0 Å². The van der Waals surface area contributed by atoms with E-state index < -0.39 is 66.1 Å². The number of primary amides is 1. The fourth-order valence-corrected chi connectivity index (χ4v) is 3.46. The molecule has 0 aliphatic carbocycles. The van der Waals surface area contributed by atoms with Crippen molar-refractivity contribution in [3.63, 3.8) is 0 Å². The Hall–Kier alpha value is -4.20. The minimum absolute atomic E-state index is 0.0268. The van der Waals surface area contributed by atoms with Crippen LogP contribution >= 0.6 is 0 Å². The number of nitrogens with two attached hydrogens (primary N) is 4. The molecule has 4 amide bonds. The highest BCUT2D eigenvalue weighted by atomic mass is 16.4. The minimum Gasteiger partial charge on any atom is -0.480 e. The van der Waals surface area contributed by atoms with Gasteiger partial charge in [-0.1, -0.05) is 44.2 Å². The molecule has 1 aromatic carbocycles. The molecule has 12 N–H and O–H groups in total. The molecule has 38 heavy (non-hydrogen) atoms. The maximum atomic E-state index is 13.1. The Kier molecular flexibility index (Phi) is 13.2. The van der Waals surface area contributed by atoms with Crippen molar-refractivity contribution >= 4 is 35.6 Å². The summed E-state index contributed by atoms with van der Waals surface area (Å²) in [4.78, 5) is 65.4. The van der Waals surface area contributed by atoms with Gasteiger partial charge in [-0.25, -0.2) is 4.79 Å². The number of benzene rings is 1. The van der Waals surface area contributed by atoms with Crippen LogP contribution < -0.4 is 38.9 Å². The van der Waals surface area contributed by atoms with Crippen molar-refractivity contribution < 1.29 is 29.1 Å². The zero-order valence-corrected chi connectivity index (χ0v) is 21.6. The average Bonchev–Trinajstić information content (AvgIpc) is 2.83. The number of carboxylic acid groups (broad SMARTS) is 1. The van der Waals surface area contributed by atoms with E-state index in [0.717, 1.165) is 0 Å². The van der Waals surface area contributed by atoms with Crippen LogP contribution in [0.2, 0.25) is 0 Å². The van der Waals surface area contributed by atoms with Crippen LogP contribution in [0.1, 0.15) is 38.7 Å². The van der Waals surface area contributed by atoms with Crippen molar-refractivity contribution in [2.75, 3.05) is 6.54 Å². The Morgan fingerprint density at radius 3 is 2.03 bits per heavy atom. The second-order valence-electron chi connectivity index (χ2n) is 9.11. The molecule has 14 nitrogen and oxygen atoms in total. The Morgan fingerprint density at radius 1 is 0.895 bits per heavy atom. The first kappa shape index (κ1) is 31.8. The van der Waals surface area contributed by atoms with Gasteiger partial charge < -0.3 is 44.0 Å². The molecular formula is C24H38N8O6. The van der Waals surface area contributed by atoms with Crippen LogP contribution in [0.25, 0.3) is 0 Å². The number of hydrogen-bond donors (Lipinski definition) is 8. The zero-order chi connectivity index (χ0) is 28.8. The number of aliphatic carboxylic acids is 1. The summed E-state index contributed by atoms with van der Waals surface area (Å²) >= 11 is 0. The summed E-state index contributed by atoms with van der Waals surface area (Å²) in [6, 6.07) is 3.97.